The molecule has 1 amide bonds. The smallest absolute Gasteiger partial charge is 0.277 e. The molecule has 0 spiro atoms. The second-order valence-electron chi connectivity index (χ2n) is 6.10. The van der Waals surface area contributed by atoms with Crippen molar-refractivity contribution < 1.29 is 14.3 Å². The first kappa shape index (κ1) is 18.4. The van der Waals surface area contributed by atoms with Crippen LogP contribution in [-0.2, 0) is 11.3 Å². The van der Waals surface area contributed by atoms with E-state index >= 15 is 0 Å². The molecule has 0 saturated carbocycles. The van der Waals surface area contributed by atoms with Crippen molar-refractivity contribution in [1.82, 2.24) is 19.6 Å². The molecule has 0 fully saturated rings. The van der Waals surface area contributed by atoms with E-state index < -0.39 is 0 Å². The minimum atomic E-state index is -0.245. The van der Waals surface area contributed by atoms with E-state index in [0.29, 0.717) is 22.8 Å². The minimum absolute atomic E-state index is 0.219. The zero-order chi connectivity index (χ0) is 19.7. The third-order valence-corrected chi connectivity index (χ3v) is 4.38. The van der Waals surface area contributed by atoms with E-state index in [2.05, 4.69) is 15.1 Å². The van der Waals surface area contributed by atoms with Crippen molar-refractivity contribution in [3.8, 4) is 11.5 Å². The van der Waals surface area contributed by atoms with Gasteiger partial charge in [0.25, 0.3) is 11.3 Å². The molecule has 2 heterocycles. The average molecular weight is 371 g/mol. The van der Waals surface area contributed by atoms with Crippen LogP contribution < -0.4 is 19.9 Å². The Labute approximate surface area is 155 Å². The molecular formula is C18H21N5O4. The predicted octanol–water partition coefficient (Wildman–Crippen LogP) is 1.60. The number of benzene rings is 1. The number of hydrogen-bond acceptors (Lipinski definition) is 6. The van der Waals surface area contributed by atoms with Crippen molar-refractivity contribution in [2.45, 2.75) is 27.3 Å². The van der Waals surface area contributed by atoms with Crippen LogP contribution in [0, 0.1) is 13.8 Å². The maximum atomic E-state index is 12.4. The number of anilines is 1. The maximum Gasteiger partial charge on any atom is 0.277 e. The first-order chi connectivity index (χ1) is 12.8. The van der Waals surface area contributed by atoms with Crippen LogP contribution in [0.1, 0.15) is 23.7 Å². The lowest BCUT2D eigenvalue weighted by Gasteiger charge is -2.18. The molecule has 3 rings (SSSR count). The molecule has 1 N–H and O–H groups in total. The molecular weight excluding hydrogens is 350 g/mol. The number of aryl methyl sites for hydroxylation is 1. The van der Waals surface area contributed by atoms with Gasteiger partial charge in [0.15, 0.2) is 11.5 Å². The Morgan fingerprint density at radius 3 is 2.52 bits per heavy atom. The largest absolute Gasteiger partial charge is 0.493 e. The van der Waals surface area contributed by atoms with Gasteiger partial charge in [0, 0.05) is 18.2 Å². The third-order valence-electron chi connectivity index (χ3n) is 4.38. The molecule has 0 radical (unpaired) electrons. The standard InChI is InChI=1S/C18H21N5O4/c1-10-11(2)19-17-20-18(21-23(17)16(10)25)22(12(3)24)9-13-6-7-14(26-4)15(8-13)27-5/h6-8H,9H2,1-5H3,(H,19,20,21). The minimum Gasteiger partial charge on any atom is -0.493 e. The van der Waals surface area contributed by atoms with Gasteiger partial charge in [-0.1, -0.05) is 6.07 Å². The van der Waals surface area contributed by atoms with E-state index in [-0.39, 0.29) is 29.7 Å². The van der Waals surface area contributed by atoms with Gasteiger partial charge in [0.05, 0.1) is 20.8 Å². The monoisotopic (exact) mass is 371 g/mol. The first-order valence-corrected chi connectivity index (χ1v) is 8.30. The number of carbonyl (C=O) groups excluding carboxylic acids is 1. The number of carbonyl (C=O) groups is 1. The maximum absolute atomic E-state index is 12.4. The van der Waals surface area contributed by atoms with Crippen molar-refractivity contribution in [2.24, 2.45) is 0 Å². The molecule has 9 heteroatoms. The molecule has 0 aliphatic heterocycles. The van der Waals surface area contributed by atoms with Gasteiger partial charge in [0.1, 0.15) is 0 Å². The molecule has 0 aliphatic carbocycles. The number of aromatic nitrogens is 4. The van der Waals surface area contributed by atoms with E-state index in [1.54, 1.807) is 40.2 Å². The lowest BCUT2D eigenvalue weighted by atomic mass is 10.2. The van der Waals surface area contributed by atoms with Crippen molar-refractivity contribution in [2.75, 3.05) is 19.1 Å². The van der Waals surface area contributed by atoms with Crippen LogP contribution >= 0.6 is 0 Å². The first-order valence-electron chi connectivity index (χ1n) is 8.30. The number of amides is 1. The normalized spacial score (nSPS) is 10.9. The van der Waals surface area contributed by atoms with Gasteiger partial charge in [-0.3, -0.25) is 19.6 Å². The van der Waals surface area contributed by atoms with Crippen molar-refractivity contribution in [1.29, 1.82) is 0 Å². The summed E-state index contributed by atoms with van der Waals surface area (Å²) in [7, 11) is 3.11. The molecule has 0 unspecified atom stereocenters. The number of H-pyrrole nitrogens is 1. The van der Waals surface area contributed by atoms with Crippen molar-refractivity contribution in [3.05, 3.63) is 45.4 Å². The van der Waals surface area contributed by atoms with Crippen LogP contribution in [0.4, 0.5) is 5.95 Å². The molecule has 0 aliphatic rings. The van der Waals surface area contributed by atoms with Gasteiger partial charge in [-0.15, -0.1) is 0 Å². The van der Waals surface area contributed by atoms with Gasteiger partial charge in [0.2, 0.25) is 11.9 Å². The number of nitrogens with zero attached hydrogens (tertiary/aromatic N) is 4. The number of fused-ring (bicyclic) bond motifs is 1. The summed E-state index contributed by atoms with van der Waals surface area (Å²) >= 11 is 0. The molecule has 0 saturated heterocycles. The summed E-state index contributed by atoms with van der Waals surface area (Å²) in [6.07, 6.45) is 0. The molecule has 2 aromatic heterocycles. The van der Waals surface area contributed by atoms with E-state index in [1.807, 2.05) is 6.07 Å². The molecule has 0 bridgehead atoms. The highest BCUT2D eigenvalue weighted by molar-refractivity contribution is 5.89. The Balaban J connectivity index is 2.02. The van der Waals surface area contributed by atoms with Crippen LogP contribution in [0.15, 0.2) is 23.0 Å². The lowest BCUT2D eigenvalue weighted by molar-refractivity contribution is -0.116. The second kappa shape index (κ2) is 7.10. The van der Waals surface area contributed by atoms with Gasteiger partial charge in [-0.05, 0) is 31.5 Å². The Bertz CT molecular complexity index is 1070. The summed E-state index contributed by atoms with van der Waals surface area (Å²) in [5.74, 6) is 1.39. The van der Waals surface area contributed by atoms with Crippen LogP contribution in [0.5, 0.6) is 11.5 Å². The number of hydrogen-bond donors (Lipinski definition) is 1. The van der Waals surface area contributed by atoms with E-state index in [1.165, 1.54) is 16.3 Å². The molecule has 1 aromatic carbocycles. The fourth-order valence-electron chi connectivity index (χ4n) is 2.71. The SMILES string of the molecule is COc1ccc(CN(C(C)=O)c2nc3nc(C)c(C)c(=O)n3[nH]2)cc1OC. The zero-order valence-corrected chi connectivity index (χ0v) is 15.9. The molecule has 27 heavy (non-hydrogen) atoms. The molecule has 9 nitrogen and oxygen atoms in total. The van der Waals surface area contributed by atoms with Crippen LogP contribution in [0.25, 0.3) is 5.78 Å². The Kier molecular flexibility index (Phi) is 4.85. The highest BCUT2D eigenvalue weighted by atomic mass is 16.5. The molecule has 142 valence electrons. The predicted molar refractivity (Wildman–Crippen MR) is 99.5 cm³/mol. The van der Waals surface area contributed by atoms with E-state index in [4.69, 9.17) is 9.47 Å². The van der Waals surface area contributed by atoms with Crippen LogP contribution in [0.3, 0.4) is 0 Å². The number of aromatic amines is 1. The van der Waals surface area contributed by atoms with Crippen molar-refractivity contribution in [3.63, 3.8) is 0 Å². The highest BCUT2D eigenvalue weighted by Gasteiger charge is 2.19. The third kappa shape index (κ3) is 3.35. The summed E-state index contributed by atoms with van der Waals surface area (Å²) in [4.78, 5) is 34.7. The Morgan fingerprint density at radius 2 is 1.89 bits per heavy atom. The zero-order valence-electron chi connectivity index (χ0n) is 15.9. The number of nitrogens with one attached hydrogen (secondary N) is 1. The van der Waals surface area contributed by atoms with Gasteiger partial charge in [-0.25, -0.2) is 4.98 Å². The van der Waals surface area contributed by atoms with E-state index in [0.717, 1.165) is 5.56 Å². The second-order valence-corrected chi connectivity index (χ2v) is 6.10. The number of methoxy groups -OCH3 is 2. The lowest BCUT2D eigenvalue weighted by Crippen LogP contribution is -2.29. The van der Waals surface area contributed by atoms with E-state index in [9.17, 15) is 9.59 Å². The van der Waals surface area contributed by atoms with Gasteiger partial charge in [-0.2, -0.15) is 9.50 Å². The molecule has 3 aromatic rings. The summed E-state index contributed by atoms with van der Waals surface area (Å²) in [6, 6.07) is 5.39. The fourth-order valence-corrected chi connectivity index (χ4v) is 2.71. The fraction of sp³-hybridized carbons (Fsp3) is 0.333. The van der Waals surface area contributed by atoms with Gasteiger partial charge < -0.3 is 9.47 Å². The van der Waals surface area contributed by atoms with Gasteiger partial charge >= 0.3 is 0 Å². The summed E-state index contributed by atoms with van der Waals surface area (Å²) in [6.45, 7) is 5.12. The number of rotatable bonds is 5. The quantitative estimate of drug-likeness (QED) is 0.731. The van der Waals surface area contributed by atoms with Crippen LogP contribution in [0.2, 0.25) is 0 Å². The Hall–Kier alpha value is -3.36. The summed E-state index contributed by atoms with van der Waals surface area (Å²) in [5, 5.41) is 2.86. The topological polar surface area (TPSA) is 102 Å². The summed E-state index contributed by atoms with van der Waals surface area (Å²) in [5.41, 5.74) is 1.70. The average Bonchev–Trinajstić information content (AvgIpc) is 3.07. The molecule has 0 atom stereocenters. The highest BCUT2D eigenvalue weighted by Crippen LogP contribution is 2.28. The Morgan fingerprint density at radius 1 is 1.19 bits per heavy atom. The van der Waals surface area contributed by atoms with Crippen molar-refractivity contribution >= 4 is 17.6 Å². The van der Waals surface area contributed by atoms with Crippen LogP contribution in [-0.4, -0.2) is 39.7 Å². The number of ether oxygens (including phenoxy) is 2. The summed E-state index contributed by atoms with van der Waals surface area (Å²) < 4.78 is 11.8.